The van der Waals surface area contributed by atoms with Crippen LogP contribution in [0.4, 0.5) is 5.69 Å². The van der Waals surface area contributed by atoms with Crippen molar-refractivity contribution in [1.29, 1.82) is 0 Å². The van der Waals surface area contributed by atoms with Gasteiger partial charge in [-0.25, -0.2) is 5.43 Å². The molecule has 0 heterocycles. The summed E-state index contributed by atoms with van der Waals surface area (Å²) in [5.74, 6) is 0.522. The van der Waals surface area contributed by atoms with E-state index in [1.807, 2.05) is 79.7 Å². The molecule has 0 unspecified atom stereocenters. The number of carbonyl (C=O) groups is 1. The second kappa shape index (κ2) is 10.4. The number of hydrazone groups is 1. The largest absolute Gasteiger partial charge is 0.489 e. The Hall–Kier alpha value is -3.12. The van der Waals surface area contributed by atoms with Crippen LogP contribution >= 0.6 is 15.9 Å². The summed E-state index contributed by atoms with van der Waals surface area (Å²) in [4.78, 5) is 11.9. The second-order valence-corrected chi connectivity index (χ2v) is 7.42. The molecule has 3 aromatic carbocycles. The Morgan fingerprint density at radius 1 is 1.07 bits per heavy atom. The van der Waals surface area contributed by atoms with Gasteiger partial charge in [-0.15, -0.1) is 0 Å². The molecular formula is C23H22BrN3O2. The molecule has 0 aliphatic rings. The van der Waals surface area contributed by atoms with Crippen LogP contribution in [0.5, 0.6) is 5.75 Å². The first-order chi connectivity index (χ1) is 14.1. The molecule has 2 N–H and O–H groups in total. The fourth-order valence-electron chi connectivity index (χ4n) is 2.50. The summed E-state index contributed by atoms with van der Waals surface area (Å²) < 4.78 is 6.86. The summed E-state index contributed by atoms with van der Waals surface area (Å²) >= 11 is 3.42. The highest BCUT2D eigenvalue weighted by Gasteiger charge is 2.00. The number of hydrogen-bond donors (Lipinski definition) is 2. The summed E-state index contributed by atoms with van der Waals surface area (Å²) in [6, 6.07) is 23.4. The Bertz CT molecular complexity index is 970. The van der Waals surface area contributed by atoms with Crippen LogP contribution in [0.15, 0.2) is 82.4 Å². The van der Waals surface area contributed by atoms with Gasteiger partial charge in [0.15, 0.2) is 0 Å². The molecule has 0 saturated heterocycles. The molecule has 3 rings (SSSR count). The van der Waals surface area contributed by atoms with Crippen LogP contribution < -0.4 is 15.5 Å². The molecular weight excluding hydrogens is 430 g/mol. The predicted molar refractivity (Wildman–Crippen MR) is 120 cm³/mol. The second-order valence-electron chi connectivity index (χ2n) is 6.50. The highest BCUT2D eigenvalue weighted by atomic mass is 79.9. The third kappa shape index (κ3) is 7.08. The number of anilines is 1. The van der Waals surface area contributed by atoms with Crippen LogP contribution in [-0.4, -0.2) is 18.7 Å². The van der Waals surface area contributed by atoms with Crippen LogP contribution in [-0.2, 0) is 11.4 Å². The number of amides is 1. The zero-order chi connectivity index (χ0) is 20.5. The van der Waals surface area contributed by atoms with Crippen molar-refractivity contribution in [2.24, 2.45) is 5.10 Å². The standard InChI is InChI=1S/C23H22BrN3O2/c1-17-5-11-21(12-6-17)25-15-23(28)27-26-14-19-3-2-4-22(13-19)29-16-18-7-9-20(24)10-8-18/h2-14,25H,15-16H2,1H3,(H,27,28)/b26-14-. The fourth-order valence-corrected chi connectivity index (χ4v) is 2.77. The van der Waals surface area contributed by atoms with Crippen molar-refractivity contribution in [2.75, 3.05) is 11.9 Å². The highest BCUT2D eigenvalue weighted by Crippen LogP contribution is 2.16. The summed E-state index contributed by atoms with van der Waals surface area (Å²) in [5, 5.41) is 7.07. The molecule has 0 atom stereocenters. The molecule has 0 aliphatic carbocycles. The minimum Gasteiger partial charge on any atom is -0.489 e. The van der Waals surface area contributed by atoms with E-state index in [9.17, 15) is 4.79 Å². The van der Waals surface area contributed by atoms with Gasteiger partial charge in [0.25, 0.3) is 5.91 Å². The number of hydrogen-bond acceptors (Lipinski definition) is 4. The van der Waals surface area contributed by atoms with Crippen LogP contribution in [0.2, 0.25) is 0 Å². The van der Waals surface area contributed by atoms with Gasteiger partial charge in [-0.1, -0.05) is 57.9 Å². The van der Waals surface area contributed by atoms with Gasteiger partial charge in [0, 0.05) is 10.2 Å². The number of halogens is 1. The number of benzene rings is 3. The predicted octanol–water partition coefficient (Wildman–Crippen LogP) is 4.90. The van der Waals surface area contributed by atoms with E-state index in [-0.39, 0.29) is 12.5 Å². The van der Waals surface area contributed by atoms with Crippen LogP contribution in [0.25, 0.3) is 0 Å². The smallest absolute Gasteiger partial charge is 0.259 e. The number of nitrogens with one attached hydrogen (secondary N) is 2. The van der Waals surface area contributed by atoms with Gasteiger partial charge < -0.3 is 10.1 Å². The zero-order valence-corrected chi connectivity index (χ0v) is 17.6. The van der Waals surface area contributed by atoms with Crippen molar-refractivity contribution in [3.8, 4) is 5.75 Å². The van der Waals surface area contributed by atoms with E-state index in [0.717, 1.165) is 27.0 Å². The number of carbonyl (C=O) groups excluding carboxylic acids is 1. The molecule has 0 radical (unpaired) electrons. The average Bonchev–Trinajstić information content (AvgIpc) is 2.73. The topological polar surface area (TPSA) is 62.7 Å². The van der Waals surface area contributed by atoms with Crippen molar-refractivity contribution < 1.29 is 9.53 Å². The minimum atomic E-state index is -0.218. The van der Waals surface area contributed by atoms with Crippen molar-refractivity contribution in [3.05, 3.63) is 94.0 Å². The van der Waals surface area contributed by atoms with E-state index >= 15 is 0 Å². The molecule has 0 bridgehead atoms. The lowest BCUT2D eigenvalue weighted by Gasteiger charge is -2.07. The molecule has 0 spiro atoms. The first-order valence-electron chi connectivity index (χ1n) is 9.18. The first kappa shape index (κ1) is 20.6. The molecule has 5 nitrogen and oxygen atoms in total. The van der Waals surface area contributed by atoms with E-state index in [0.29, 0.717) is 6.61 Å². The highest BCUT2D eigenvalue weighted by molar-refractivity contribution is 9.10. The summed E-state index contributed by atoms with van der Waals surface area (Å²) in [6.07, 6.45) is 1.59. The fraction of sp³-hybridized carbons (Fsp3) is 0.130. The van der Waals surface area contributed by atoms with Gasteiger partial charge in [-0.05, 0) is 54.4 Å². The monoisotopic (exact) mass is 451 g/mol. The lowest BCUT2D eigenvalue weighted by molar-refractivity contribution is -0.119. The molecule has 0 aliphatic heterocycles. The molecule has 1 amide bonds. The SMILES string of the molecule is Cc1ccc(NCC(=O)N/N=C\c2cccc(OCc3ccc(Br)cc3)c2)cc1. The van der Waals surface area contributed by atoms with Crippen molar-refractivity contribution >= 4 is 33.7 Å². The first-order valence-corrected chi connectivity index (χ1v) is 9.97. The van der Waals surface area contributed by atoms with E-state index in [2.05, 4.69) is 31.8 Å². The quantitative estimate of drug-likeness (QED) is 0.378. The summed E-state index contributed by atoms with van der Waals surface area (Å²) in [6.45, 7) is 2.65. The van der Waals surface area contributed by atoms with Crippen LogP contribution in [0, 0.1) is 6.92 Å². The Balaban J connectivity index is 1.46. The lowest BCUT2D eigenvalue weighted by Crippen LogP contribution is -2.25. The van der Waals surface area contributed by atoms with E-state index in [4.69, 9.17) is 4.74 Å². The van der Waals surface area contributed by atoms with E-state index < -0.39 is 0 Å². The molecule has 3 aromatic rings. The Morgan fingerprint density at radius 2 is 1.83 bits per heavy atom. The number of ether oxygens (including phenoxy) is 1. The van der Waals surface area contributed by atoms with Crippen molar-refractivity contribution in [1.82, 2.24) is 5.43 Å². The molecule has 0 aromatic heterocycles. The van der Waals surface area contributed by atoms with Gasteiger partial charge in [0.1, 0.15) is 12.4 Å². The Morgan fingerprint density at radius 3 is 2.59 bits per heavy atom. The molecule has 148 valence electrons. The minimum absolute atomic E-state index is 0.150. The van der Waals surface area contributed by atoms with E-state index in [1.165, 1.54) is 5.56 Å². The van der Waals surface area contributed by atoms with Gasteiger partial charge in [0.2, 0.25) is 0 Å². The van der Waals surface area contributed by atoms with Crippen molar-refractivity contribution in [2.45, 2.75) is 13.5 Å². The maximum absolute atomic E-state index is 11.9. The number of rotatable bonds is 8. The summed E-state index contributed by atoms with van der Waals surface area (Å²) in [5.41, 5.74) is 6.51. The van der Waals surface area contributed by atoms with Crippen molar-refractivity contribution in [3.63, 3.8) is 0 Å². The van der Waals surface area contributed by atoms with Crippen LogP contribution in [0.3, 0.4) is 0 Å². The third-order valence-corrected chi connectivity index (χ3v) is 4.61. The zero-order valence-electron chi connectivity index (χ0n) is 16.1. The van der Waals surface area contributed by atoms with Gasteiger partial charge in [-0.3, -0.25) is 4.79 Å². The molecule has 0 saturated carbocycles. The molecule has 29 heavy (non-hydrogen) atoms. The lowest BCUT2D eigenvalue weighted by atomic mass is 10.2. The van der Waals surface area contributed by atoms with Crippen LogP contribution in [0.1, 0.15) is 16.7 Å². The average molecular weight is 452 g/mol. The molecule has 0 fully saturated rings. The molecule has 6 heteroatoms. The third-order valence-electron chi connectivity index (χ3n) is 4.08. The maximum Gasteiger partial charge on any atom is 0.259 e. The number of aryl methyl sites for hydroxylation is 1. The van der Waals surface area contributed by atoms with Gasteiger partial charge >= 0.3 is 0 Å². The van der Waals surface area contributed by atoms with Gasteiger partial charge in [-0.2, -0.15) is 5.10 Å². The van der Waals surface area contributed by atoms with Gasteiger partial charge in [0.05, 0.1) is 12.8 Å². The normalized spacial score (nSPS) is 10.7. The number of nitrogens with zero attached hydrogens (tertiary/aromatic N) is 1. The Labute approximate surface area is 178 Å². The Kier molecular flexibility index (Phi) is 7.41. The summed E-state index contributed by atoms with van der Waals surface area (Å²) in [7, 11) is 0. The maximum atomic E-state index is 11.9. The van der Waals surface area contributed by atoms with E-state index in [1.54, 1.807) is 6.21 Å².